The predicted octanol–water partition coefficient (Wildman–Crippen LogP) is 4.99. The first kappa shape index (κ1) is 24.5. The number of carbonyl (C=O) groups is 2. The largest absolute Gasteiger partial charge is 0.450 e. The maximum atomic E-state index is 14.1. The van der Waals surface area contributed by atoms with Crippen LogP contribution in [0.2, 0.25) is 5.02 Å². The molecule has 11 heteroatoms. The smallest absolute Gasteiger partial charge is 0.276 e. The molecule has 2 aromatic heterocycles. The maximum Gasteiger partial charge on any atom is 0.276 e. The summed E-state index contributed by atoms with van der Waals surface area (Å²) < 4.78 is 44.6. The van der Waals surface area contributed by atoms with Crippen LogP contribution in [0.3, 0.4) is 0 Å². The van der Waals surface area contributed by atoms with E-state index in [2.05, 4.69) is 15.3 Å². The molecular weight excluding hydrogens is 497 g/mol. The summed E-state index contributed by atoms with van der Waals surface area (Å²) in [4.78, 5) is 33.9. The van der Waals surface area contributed by atoms with Gasteiger partial charge in [-0.3, -0.25) is 9.59 Å². The Hall–Kier alpha value is -3.63. The van der Waals surface area contributed by atoms with E-state index >= 15 is 0 Å². The minimum Gasteiger partial charge on any atom is -0.450 e. The molecule has 0 fully saturated rings. The number of nitrogens with zero attached hydrogens (tertiary/aromatic N) is 2. The van der Waals surface area contributed by atoms with Crippen molar-refractivity contribution in [3.63, 3.8) is 0 Å². The van der Waals surface area contributed by atoms with Gasteiger partial charge in [0, 0.05) is 10.9 Å². The van der Waals surface area contributed by atoms with Gasteiger partial charge in [-0.25, -0.2) is 22.8 Å². The number of hydrogen-bond donors (Lipinski definition) is 1. The predicted molar refractivity (Wildman–Crippen MR) is 128 cm³/mol. The van der Waals surface area contributed by atoms with Gasteiger partial charge in [-0.1, -0.05) is 42.8 Å². The van der Waals surface area contributed by atoms with E-state index in [9.17, 15) is 22.4 Å². The highest BCUT2D eigenvalue weighted by molar-refractivity contribution is 7.91. The zero-order valence-corrected chi connectivity index (χ0v) is 20.2. The molecule has 35 heavy (non-hydrogen) atoms. The summed E-state index contributed by atoms with van der Waals surface area (Å²) in [6.45, 7) is 3.25. The minimum absolute atomic E-state index is 0.0178. The molecule has 0 spiro atoms. The highest BCUT2D eigenvalue weighted by Crippen LogP contribution is 2.33. The van der Waals surface area contributed by atoms with E-state index in [-0.39, 0.29) is 33.5 Å². The van der Waals surface area contributed by atoms with Crippen molar-refractivity contribution in [2.24, 2.45) is 0 Å². The van der Waals surface area contributed by atoms with Crippen molar-refractivity contribution in [3.8, 4) is 0 Å². The highest BCUT2D eigenvalue weighted by atomic mass is 35.5. The second-order valence-corrected chi connectivity index (χ2v) is 10.1. The summed E-state index contributed by atoms with van der Waals surface area (Å²) in [5.74, 6) is -2.53. The van der Waals surface area contributed by atoms with Gasteiger partial charge in [-0.05, 0) is 37.1 Å². The number of nitrogens with one attached hydrogen (secondary N) is 1. The highest BCUT2D eigenvalue weighted by Gasteiger charge is 2.27. The monoisotopic (exact) mass is 515 g/mol. The zero-order valence-electron chi connectivity index (χ0n) is 18.6. The van der Waals surface area contributed by atoms with E-state index in [1.807, 2.05) is 0 Å². The minimum atomic E-state index is -3.81. The van der Waals surface area contributed by atoms with Crippen LogP contribution in [-0.2, 0) is 9.84 Å². The number of para-hydroxylation sites is 1. The number of rotatable bonds is 7. The van der Waals surface area contributed by atoms with Crippen molar-refractivity contribution >= 4 is 49.8 Å². The van der Waals surface area contributed by atoms with Gasteiger partial charge in [0.2, 0.25) is 20.8 Å². The fraction of sp³-hybridized carbons (Fsp3) is 0.167. The third-order valence-electron chi connectivity index (χ3n) is 5.16. The Labute approximate surface area is 205 Å². The topological polar surface area (TPSA) is 119 Å². The van der Waals surface area contributed by atoms with Crippen LogP contribution in [0.5, 0.6) is 0 Å². The molecule has 2 heterocycles. The molecule has 0 saturated carbocycles. The molecule has 4 aromatic rings. The Kier molecular flexibility index (Phi) is 6.68. The van der Waals surface area contributed by atoms with Crippen LogP contribution in [0.15, 0.2) is 58.2 Å². The Balaban J connectivity index is 1.78. The molecule has 8 nitrogen and oxygen atoms in total. The van der Waals surface area contributed by atoms with Crippen molar-refractivity contribution < 1.29 is 26.8 Å². The number of hydrogen-bond acceptors (Lipinski definition) is 7. The van der Waals surface area contributed by atoms with Crippen LogP contribution in [-0.4, -0.2) is 35.8 Å². The average molecular weight is 516 g/mol. The summed E-state index contributed by atoms with van der Waals surface area (Å²) in [5.41, 5.74) is 0.326. The maximum absolute atomic E-state index is 14.1. The van der Waals surface area contributed by atoms with E-state index in [0.29, 0.717) is 23.0 Å². The fourth-order valence-corrected chi connectivity index (χ4v) is 4.73. The standard InChI is InChI=1S/C24H19ClFN3O5S/c1-3-10-35(32,33)24-27-12-16(25)20(29-24)23(31)28-19-15-6-4-5-7-18(15)34-22(19)21(30)14-9-8-13(2)17(26)11-14/h4-9,11-12H,3,10H2,1-2H3,(H,28,31). The van der Waals surface area contributed by atoms with Crippen molar-refractivity contribution in [1.82, 2.24) is 9.97 Å². The number of amides is 1. The third-order valence-corrected chi connectivity index (χ3v) is 7.14. The molecule has 2 aromatic carbocycles. The summed E-state index contributed by atoms with van der Waals surface area (Å²) in [6.07, 6.45) is 1.36. The van der Waals surface area contributed by atoms with E-state index in [1.54, 1.807) is 38.1 Å². The van der Waals surface area contributed by atoms with Crippen LogP contribution in [0.4, 0.5) is 10.1 Å². The summed E-state index contributed by atoms with van der Waals surface area (Å²) in [5, 5.41) is 2.25. The van der Waals surface area contributed by atoms with Gasteiger partial charge in [0.15, 0.2) is 11.5 Å². The summed E-state index contributed by atoms with van der Waals surface area (Å²) in [7, 11) is -3.81. The van der Waals surface area contributed by atoms with Gasteiger partial charge in [0.1, 0.15) is 11.4 Å². The second-order valence-electron chi connectivity index (χ2n) is 7.72. The summed E-state index contributed by atoms with van der Waals surface area (Å²) in [6, 6.07) is 10.6. The SMILES string of the molecule is CCCS(=O)(=O)c1ncc(Cl)c(C(=O)Nc2c(C(=O)c3ccc(C)c(F)c3)oc3ccccc23)n1. The molecule has 0 aliphatic rings. The van der Waals surface area contributed by atoms with Gasteiger partial charge in [-0.2, -0.15) is 0 Å². The number of ketones is 1. The van der Waals surface area contributed by atoms with E-state index in [4.69, 9.17) is 16.0 Å². The van der Waals surface area contributed by atoms with Gasteiger partial charge >= 0.3 is 0 Å². The number of halogens is 2. The van der Waals surface area contributed by atoms with Crippen LogP contribution >= 0.6 is 11.6 Å². The lowest BCUT2D eigenvalue weighted by molar-refractivity contribution is 0.101. The van der Waals surface area contributed by atoms with Crippen molar-refractivity contribution in [1.29, 1.82) is 0 Å². The Morgan fingerprint density at radius 3 is 2.63 bits per heavy atom. The van der Waals surface area contributed by atoms with Gasteiger partial charge in [-0.15, -0.1) is 0 Å². The first-order valence-electron chi connectivity index (χ1n) is 10.5. The number of sulfone groups is 1. The summed E-state index contributed by atoms with van der Waals surface area (Å²) >= 11 is 6.09. The Morgan fingerprint density at radius 1 is 1.17 bits per heavy atom. The Bertz CT molecular complexity index is 1580. The number of aryl methyl sites for hydroxylation is 1. The second kappa shape index (κ2) is 9.55. The van der Waals surface area contributed by atoms with E-state index in [1.165, 1.54) is 12.1 Å². The lowest BCUT2D eigenvalue weighted by Crippen LogP contribution is -2.19. The van der Waals surface area contributed by atoms with Crippen molar-refractivity contribution in [2.75, 3.05) is 11.1 Å². The molecule has 180 valence electrons. The molecule has 0 aliphatic heterocycles. The fourth-order valence-electron chi connectivity index (χ4n) is 3.39. The molecular formula is C24H19ClFN3O5S. The third kappa shape index (κ3) is 4.80. The van der Waals surface area contributed by atoms with E-state index < -0.39 is 32.5 Å². The molecule has 0 saturated heterocycles. The zero-order chi connectivity index (χ0) is 25.3. The molecule has 1 amide bonds. The number of fused-ring (bicyclic) bond motifs is 1. The van der Waals surface area contributed by atoms with Crippen LogP contribution in [0.25, 0.3) is 11.0 Å². The molecule has 0 atom stereocenters. The normalized spacial score (nSPS) is 11.5. The number of anilines is 1. The van der Waals surface area contributed by atoms with Gasteiger partial charge in [0.05, 0.1) is 22.7 Å². The number of carbonyl (C=O) groups excluding carboxylic acids is 2. The van der Waals surface area contributed by atoms with Crippen LogP contribution < -0.4 is 5.32 Å². The first-order valence-corrected chi connectivity index (χ1v) is 12.5. The molecule has 4 rings (SSSR count). The molecule has 0 unspecified atom stereocenters. The van der Waals surface area contributed by atoms with Crippen LogP contribution in [0, 0.1) is 12.7 Å². The lowest BCUT2D eigenvalue weighted by Gasteiger charge is -2.09. The number of furan rings is 1. The van der Waals surface area contributed by atoms with Crippen LogP contribution in [0.1, 0.15) is 45.5 Å². The van der Waals surface area contributed by atoms with E-state index in [0.717, 1.165) is 12.3 Å². The van der Waals surface area contributed by atoms with Gasteiger partial charge in [0.25, 0.3) is 5.91 Å². The molecule has 1 N–H and O–H groups in total. The first-order chi connectivity index (χ1) is 16.6. The van der Waals surface area contributed by atoms with Crippen molar-refractivity contribution in [3.05, 3.63) is 82.1 Å². The molecule has 0 bridgehead atoms. The van der Waals surface area contributed by atoms with Gasteiger partial charge < -0.3 is 9.73 Å². The number of aromatic nitrogens is 2. The molecule has 0 radical (unpaired) electrons. The lowest BCUT2D eigenvalue weighted by atomic mass is 10.0. The number of benzene rings is 2. The average Bonchev–Trinajstić information content (AvgIpc) is 3.18. The molecule has 0 aliphatic carbocycles. The van der Waals surface area contributed by atoms with Crippen molar-refractivity contribution in [2.45, 2.75) is 25.4 Å². The quantitative estimate of drug-likeness (QED) is 0.272. The Morgan fingerprint density at radius 2 is 1.91 bits per heavy atom.